The molecule has 0 saturated heterocycles. The van der Waals surface area contributed by atoms with Gasteiger partial charge < -0.3 is 25.5 Å². The Balaban J connectivity index is 1.46. The van der Waals surface area contributed by atoms with Gasteiger partial charge >= 0.3 is 6.18 Å². The van der Waals surface area contributed by atoms with Crippen molar-refractivity contribution in [3.8, 4) is 0 Å². The van der Waals surface area contributed by atoms with Crippen LogP contribution < -0.4 is 10.6 Å². The number of amides is 1. The minimum Gasteiger partial charge on any atom is -0.393 e. The Labute approximate surface area is 235 Å². The van der Waals surface area contributed by atoms with Crippen LogP contribution in [-0.2, 0) is 23.4 Å². The number of benzene rings is 2. The molecule has 3 aromatic rings. The van der Waals surface area contributed by atoms with Gasteiger partial charge in [-0.15, -0.1) is 0 Å². The summed E-state index contributed by atoms with van der Waals surface area (Å²) in [6.45, 7) is 1.61. The van der Waals surface area contributed by atoms with Gasteiger partial charge in [0.2, 0.25) is 13.3 Å². The lowest BCUT2D eigenvalue weighted by atomic mass is 9.80. The van der Waals surface area contributed by atoms with E-state index in [4.69, 9.17) is 0 Å². The highest BCUT2D eigenvalue weighted by Crippen LogP contribution is 2.43. The van der Waals surface area contributed by atoms with Crippen molar-refractivity contribution in [3.63, 3.8) is 0 Å². The van der Waals surface area contributed by atoms with Crippen LogP contribution in [0.4, 0.5) is 36.3 Å². The summed E-state index contributed by atoms with van der Waals surface area (Å²) in [5, 5.41) is 15.6. The van der Waals surface area contributed by atoms with Crippen molar-refractivity contribution in [2.24, 2.45) is 0 Å². The lowest BCUT2D eigenvalue weighted by Gasteiger charge is -2.27. The van der Waals surface area contributed by atoms with Crippen molar-refractivity contribution >= 4 is 36.4 Å². The van der Waals surface area contributed by atoms with Gasteiger partial charge in [-0.3, -0.25) is 9.36 Å². The molecule has 218 valence electrons. The first kappa shape index (κ1) is 29.0. The van der Waals surface area contributed by atoms with E-state index >= 15 is 0 Å². The number of hydrogen-bond acceptors (Lipinski definition) is 7. The summed E-state index contributed by atoms with van der Waals surface area (Å²) in [6, 6.07) is 9.98. The Morgan fingerprint density at radius 3 is 2.39 bits per heavy atom. The first-order valence-corrected chi connectivity index (χ1v) is 15.5. The minimum atomic E-state index is -4.76. The van der Waals surface area contributed by atoms with Gasteiger partial charge in [0.15, 0.2) is 0 Å². The number of aliphatic hydroxyl groups is 1. The number of alkyl halides is 3. The number of aliphatic hydroxyl groups excluding tert-OH is 1. The van der Waals surface area contributed by atoms with E-state index in [2.05, 4.69) is 20.6 Å². The van der Waals surface area contributed by atoms with E-state index in [0.717, 1.165) is 24.0 Å². The zero-order chi connectivity index (χ0) is 29.5. The minimum absolute atomic E-state index is 0.00213. The molecule has 9 nitrogen and oxygen atoms in total. The zero-order valence-corrected chi connectivity index (χ0v) is 23.5. The number of carbonyl (C=O) groups is 1. The SMILES string of the molecule is CN1Cc2c(C3CCC(O)CC3)ccc(Nc3nc(Nc4ccc(CP(C)(=O)O)cc4)ncc3C(F)(F)F)c2C1=O. The fourth-order valence-corrected chi connectivity index (χ4v) is 6.37. The molecular formula is C28H31F3N5O4P. The molecule has 1 aliphatic heterocycles. The lowest BCUT2D eigenvalue weighted by Crippen LogP contribution is -2.18. The number of hydrogen-bond donors (Lipinski definition) is 4. The number of nitrogens with one attached hydrogen (secondary N) is 2. The van der Waals surface area contributed by atoms with Gasteiger partial charge in [0, 0.05) is 38.3 Å². The highest BCUT2D eigenvalue weighted by Gasteiger charge is 2.37. The van der Waals surface area contributed by atoms with E-state index in [1.54, 1.807) is 37.4 Å². The molecule has 41 heavy (non-hydrogen) atoms. The van der Waals surface area contributed by atoms with Crippen LogP contribution in [0, 0.1) is 0 Å². The molecule has 1 saturated carbocycles. The van der Waals surface area contributed by atoms with Crippen molar-refractivity contribution in [2.45, 2.75) is 56.6 Å². The largest absolute Gasteiger partial charge is 0.421 e. The number of halogens is 3. The van der Waals surface area contributed by atoms with E-state index in [9.17, 15) is 32.5 Å². The van der Waals surface area contributed by atoms with Crippen molar-refractivity contribution in [1.29, 1.82) is 0 Å². The Morgan fingerprint density at radius 1 is 1.07 bits per heavy atom. The molecule has 4 N–H and O–H groups in total. The fraction of sp³-hybridized carbons (Fsp3) is 0.393. The monoisotopic (exact) mass is 589 g/mol. The van der Waals surface area contributed by atoms with E-state index in [0.29, 0.717) is 42.4 Å². The Bertz CT molecular complexity index is 1500. The van der Waals surface area contributed by atoms with Crippen LogP contribution in [0.3, 0.4) is 0 Å². The maximum Gasteiger partial charge on any atom is 0.421 e. The van der Waals surface area contributed by atoms with Gasteiger partial charge in [-0.05, 0) is 66.5 Å². The van der Waals surface area contributed by atoms with Crippen LogP contribution in [0.1, 0.15) is 64.2 Å². The summed E-state index contributed by atoms with van der Waals surface area (Å²) in [4.78, 5) is 32.2. The van der Waals surface area contributed by atoms with Crippen LogP contribution in [-0.4, -0.2) is 50.6 Å². The Hall–Kier alpha value is -3.47. The molecule has 2 aliphatic rings. The standard InChI is InChI=1S/C28H31F3N5O4P/c1-36-14-21-20(17-5-9-19(37)10-6-17)11-12-23(24(21)26(36)38)34-25-22(28(29,30)31)13-32-27(35-25)33-18-7-3-16(4-8-18)15-41(2,39)40/h3-4,7-8,11-13,17,19,37H,5-6,9-10,14-15H2,1-2H3,(H,39,40)(H2,32,33,34,35). The van der Waals surface area contributed by atoms with Crippen molar-refractivity contribution in [2.75, 3.05) is 24.3 Å². The number of carbonyl (C=O) groups excluding carboxylic acids is 1. The summed E-state index contributed by atoms with van der Waals surface area (Å²) >= 11 is 0. The molecule has 1 atom stereocenters. The molecule has 1 fully saturated rings. The first-order valence-electron chi connectivity index (χ1n) is 13.2. The van der Waals surface area contributed by atoms with E-state index in [1.807, 2.05) is 6.07 Å². The summed E-state index contributed by atoms with van der Waals surface area (Å²) < 4.78 is 53.6. The van der Waals surface area contributed by atoms with Gasteiger partial charge in [0.1, 0.15) is 11.4 Å². The van der Waals surface area contributed by atoms with Gasteiger partial charge in [-0.25, -0.2) is 4.98 Å². The first-order chi connectivity index (χ1) is 19.3. The van der Waals surface area contributed by atoms with Gasteiger partial charge in [0.05, 0.1) is 17.4 Å². The smallest absolute Gasteiger partial charge is 0.393 e. The second-order valence-electron chi connectivity index (χ2n) is 10.8. The molecule has 1 amide bonds. The number of aromatic nitrogens is 2. The number of rotatable bonds is 7. The summed E-state index contributed by atoms with van der Waals surface area (Å²) in [5.41, 5.74) is 2.34. The predicted molar refractivity (Wildman–Crippen MR) is 149 cm³/mol. The van der Waals surface area contributed by atoms with E-state index in [-0.39, 0.29) is 35.7 Å². The molecule has 1 unspecified atom stereocenters. The topological polar surface area (TPSA) is 128 Å². The zero-order valence-electron chi connectivity index (χ0n) is 22.6. The van der Waals surface area contributed by atoms with Crippen LogP contribution in [0.5, 0.6) is 0 Å². The van der Waals surface area contributed by atoms with Gasteiger partial charge in [-0.1, -0.05) is 18.2 Å². The quantitative estimate of drug-likeness (QED) is 0.248. The molecule has 13 heteroatoms. The molecule has 2 aromatic carbocycles. The maximum atomic E-state index is 14.0. The molecule has 5 rings (SSSR count). The lowest BCUT2D eigenvalue weighted by molar-refractivity contribution is -0.137. The second kappa shape index (κ2) is 11.1. The normalized spacial score (nSPS) is 20.5. The Morgan fingerprint density at radius 2 is 1.76 bits per heavy atom. The number of anilines is 4. The van der Waals surface area contributed by atoms with Crippen molar-refractivity contribution in [3.05, 3.63) is 70.4 Å². The molecular weight excluding hydrogens is 558 g/mol. The summed E-state index contributed by atoms with van der Waals surface area (Å²) in [6.07, 6.45) is -1.53. The maximum absolute atomic E-state index is 14.0. The second-order valence-corrected chi connectivity index (χ2v) is 13.3. The molecule has 1 aliphatic carbocycles. The van der Waals surface area contributed by atoms with E-state index < -0.39 is 24.9 Å². The highest BCUT2D eigenvalue weighted by molar-refractivity contribution is 7.56. The average Bonchev–Trinajstić information content (AvgIpc) is 3.19. The van der Waals surface area contributed by atoms with Gasteiger partial charge in [0.25, 0.3) is 5.91 Å². The van der Waals surface area contributed by atoms with Crippen LogP contribution >= 0.6 is 7.37 Å². The fourth-order valence-electron chi connectivity index (χ4n) is 5.49. The predicted octanol–water partition coefficient (Wildman–Crippen LogP) is 5.99. The summed E-state index contributed by atoms with van der Waals surface area (Å²) in [7, 11) is -1.60. The van der Waals surface area contributed by atoms with Crippen LogP contribution in [0.2, 0.25) is 0 Å². The Kier molecular flexibility index (Phi) is 7.84. The average molecular weight is 590 g/mol. The van der Waals surface area contributed by atoms with Crippen molar-refractivity contribution < 1.29 is 32.5 Å². The third-order valence-corrected chi connectivity index (χ3v) is 8.43. The molecule has 2 heterocycles. The van der Waals surface area contributed by atoms with Crippen LogP contribution in [0.25, 0.3) is 0 Å². The summed E-state index contributed by atoms with van der Waals surface area (Å²) in [5.74, 6) is -0.735. The third kappa shape index (κ3) is 6.55. The molecule has 1 aromatic heterocycles. The number of nitrogens with zero attached hydrogens (tertiary/aromatic N) is 3. The number of fused-ring (bicyclic) bond motifs is 1. The molecule has 0 radical (unpaired) electrons. The highest BCUT2D eigenvalue weighted by atomic mass is 31.2. The van der Waals surface area contributed by atoms with Crippen LogP contribution in [0.15, 0.2) is 42.6 Å². The third-order valence-electron chi connectivity index (χ3n) is 7.47. The molecule has 0 bridgehead atoms. The van der Waals surface area contributed by atoms with Crippen molar-refractivity contribution in [1.82, 2.24) is 14.9 Å². The van der Waals surface area contributed by atoms with E-state index in [1.165, 1.54) is 11.6 Å². The molecule has 0 spiro atoms. The van der Waals surface area contributed by atoms with Gasteiger partial charge in [-0.2, -0.15) is 18.2 Å².